The van der Waals surface area contributed by atoms with Gasteiger partial charge in [0, 0.05) is 23.5 Å². The topological polar surface area (TPSA) is 70.2 Å². The monoisotopic (exact) mass is 361 g/mol. The predicted molar refractivity (Wildman–Crippen MR) is 111 cm³/mol. The van der Waals surface area contributed by atoms with Gasteiger partial charge in [0.25, 0.3) is 0 Å². The minimum atomic E-state index is -0.134. The predicted octanol–water partition coefficient (Wildman–Crippen LogP) is 4.63. The smallest absolute Gasteiger partial charge is 0.243 e. The highest BCUT2D eigenvalue weighted by atomic mass is 16.2. The summed E-state index contributed by atoms with van der Waals surface area (Å²) in [5.74, 6) is -0.144. The van der Waals surface area contributed by atoms with E-state index in [1.54, 1.807) is 0 Å². The number of hydrogen-bond donors (Lipinski definition) is 3. The van der Waals surface area contributed by atoms with E-state index in [2.05, 4.69) is 16.0 Å². The first-order chi connectivity index (χ1) is 13.1. The normalized spacial score (nSPS) is 10.4. The lowest BCUT2D eigenvalue weighted by atomic mass is 10.1. The highest BCUT2D eigenvalue weighted by Gasteiger charge is 2.05. The summed E-state index contributed by atoms with van der Waals surface area (Å²) in [7, 11) is 0. The van der Waals surface area contributed by atoms with Crippen LogP contribution in [0, 0.1) is 0 Å². The first-order valence-corrected chi connectivity index (χ1v) is 9.06. The third kappa shape index (κ3) is 5.31. The lowest BCUT2D eigenvalue weighted by Crippen LogP contribution is -2.21. The number of carbonyl (C=O) groups is 2. The molecule has 3 aromatic rings. The zero-order valence-electron chi connectivity index (χ0n) is 15.3. The van der Waals surface area contributed by atoms with Gasteiger partial charge in [-0.15, -0.1) is 0 Å². The second kappa shape index (κ2) is 8.85. The molecule has 3 rings (SSSR count). The maximum Gasteiger partial charge on any atom is 0.243 e. The number of hydrogen-bond acceptors (Lipinski definition) is 3. The molecule has 0 heterocycles. The molecule has 0 unspecified atom stereocenters. The minimum absolute atomic E-state index is 0.0105. The number of carbonyl (C=O) groups excluding carboxylic acids is 2. The van der Waals surface area contributed by atoms with Crippen LogP contribution in [0.25, 0.3) is 10.8 Å². The standard InChI is InChI=1S/C22H23N3O2/c1-2-6-21(26)24-19-10-5-9-18(14-19)23-15-22(27)25-20-12-11-16-7-3-4-8-17(16)13-20/h3-5,7-14,23H,2,6,15H2,1H3,(H,24,26)(H,25,27). The Balaban J connectivity index is 1.56. The van der Waals surface area contributed by atoms with E-state index in [4.69, 9.17) is 0 Å². The molecule has 27 heavy (non-hydrogen) atoms. The van der Waals surface area contributed by atoms with Crippen LogP contribution in [0.2, 0.25) is 0 Å². The Morgan fingerprint density at radius 3 is 2.26 bits per heavy atom. The second-order valence-corrected chi connectivity index (χ2v) is 6.34. The molecule has 0 aliphatic rings. The van der Waals surface area contributed by atoms with Gasteiger partial charge in [-0.25, -0.2) is 0 Å². The zero-order chi connectivity index (χ0) is 19.1. The number of rotatable bonds is 7. The highest BCUT2D eigenvalue weighted by Crippen LogP contribution is 2.19. The Morgan fingerprint density at radius 1 is 0.741 bits per heavy atom. The van der Waals surface area contributed by atoms with Crippen LogP contribution >= 0.6 is 0 Å². The first kappa shape index (κ1) is 18.5. The van der Waals surface area contributed by atoms with Crippen molar-refractivity contribution in [3.8, 4) is 0 Å². The Labute approximate surface area is 158 Å². The molecule has 138 valence electrons. The summed E-state index contributed by atoms with van der Waals surface area (Å²) in [5.41, 5.74) is 2.26. The Morgan fingerprint density at radius 2 is 1.44 bits per heavy atom. The second-order valence-electron chi connectivity index (χ2n) is 6.34. The molecule has 0 radical (unpaired) electrons. The number of amides is 2. The van der Waals surface area contributed by atoms with Gasteiger partial charge in [-0.2, -0.15) is 0 Å². The number of nitrogens with one attached hydrogen (secondary N) is 3. The molecule has 0 spiro atoms. The molecule has 0 saturated carbocycles. The third-order valence-corrected chi connectivity index (χ3v) is 4.11. The molecule has 0 aromatic heterocycles. The Hall–Kier alpha value is -3.34. The van der Waals surface area contributed by atoms with Crippen LogP contribution in [0.3, 0.4) is 0 Å². The summed E-state index contributed by atoms with van der Waals surface area (Å²) in [6, 6.07) is 21.2. The summed E-state index contributed by atoms with van der Waals surface area (Å²) in [6.07, 6.45) is 1.30. The molecule has 0 saturated heterocycles. The fraction of sp³-hybridized carbons (Fsp3) is 0.182. The van der Waals surface area contributed by atoms with E-state index in [9.17, 15) is 9.59 Å². The summed E-state index contributed by atoms with van der Waals surface area (Å²) in [4.78, 5) is 23.9. The molecular weight excluding hydrogens is 338 g/mol. The van der Waals surface area contributed by atoms with E-state index >= 15 is 0 Å². The summed E-state index contributed by atoms with van der Waals surface area (Å²) >= 11 is 0. The molecule has 0 bridgehead atoms. The van der Waals surface area contributed by atoms with Gasteiger partial charge in [-0.3, -0.25) is 9.59 Å². The molecule has 0 fully saturated rings. The van der Waals surface area contributed by atoms with Crippen molar-refractivity contribution < 1.29 is 9.59 Å². The molecule has 5 heteroatoms. The minimum Gasteiger partial charge on any atom is -0.376 e. The largest absolute Gasteiger partial charge is 0.376 e. The quantitative estimate of drug-likeness (QED) is 0.575. The zero-order valence-corrected chi connectivity index (χ0v) is 15.3. The van der Waals surface area contributed by atoms with Crippen LogP contribution in [-0.4, -0.2) is 18.4 Å². The molecule has 0 aliphatic heterocycles. The third-order valence-electron chi connectivity index (χ3n) is 4.11. The summed E-state index contributed by atoms with van der Waals surface area (Å²) in [6.45, 7) is 2.10. The van der Waals surface area contributed by atoms with Crippen molar-refractivity contribution in [1.29, 1.82) is 0 Å². The number of benzene rings is 3. The molecule has 0 atom stereocenters. The Kier molecular flexibility index (Phi) is 6.05. The van der Waals surface area contributed by atoms with Crippen molar-refractivity contribution in [2.75, 3.05) is 22.5 Å². The van der Waals surface area contributed by atoms with E-state index in [1.807, 2.05) is 73.7 Å². The average molecular weight is 361 g/mol. The molecule has 3 N–H and O–H groups in total. The maximum atomic E-state index is 12.2. The Bertz CT molecular complexity index is 953. The molecule has 2 amide bonds. The van der Waals surface area contributed by atoms with Crippen LogP contribution in [0.5, 0.6) is 0 Å². The van der Waals surface area contributed by atoms with Gasteiger partial charge in [0.05, 0.1) is 6.54 Å². The average Bonchev–Trinajstić information content (AvgIpc) is 2.67. The molecular formula is C22H23N3O2. The fourth-order valence-corrected chi connectivity index (χ4v) is 2.81. The first-order valence-electron chi connectivity index (χ1n) is 9.06. The van der Waals surface area contributed by atoms with Gasteiger partial charge in [0.2, 0.25) is 11.8 Å². The van der Waals surface area contributed by atoms with Crippen molar-refractivity contribution >= 4 is 39.6 Å². The molecule has 3 aromatic carbocycles. The summed E-state index contributed by atoms with van der Waals surface area (Å²) < 4.78 is 0. The van der Waals surface area contributed by atoms with E-state index in [0.29, 0.717) is 12.1 Å². The van der Waals surface area contributed by atoms with Crippen molar-refractivity contribution in [3.63, 3.8) is 0 Å². The van der Waals surface area contributed by atoms with Crippen molar-refractivity contribution in [2.24, 2.45) is 0 Å². The molecule has 5 nitrogen and oxygen atoms in total. The van der Waals surface area contributed by atoms with Crippen molar-refractivity contribution in [2.45, 2.75) is 19.8 Å². The van der Waals surface area contributed by atoms with Crippen molar-refractivity contribution in [1.82, 2.24) is 0 Å². The lowest BCUT2D eigenvalue weighted by Gasteiger charge is -2.10. The maximum absolute atomic E-state index is 12.2. The SMILES string of the molecule is CCCC(=O)Nc1cccc(NCC(=O)Nc2ccc3ccccc3c2)c1. The van der Waals surface area contributed by atoms with E-state index in [1.165, 1.54) is 0 Å². The van der Waals surface area contributed by atoms with Crippen LogP contribution in [0.4, 0.5) is 17.1 Å². The van der Waals surface area contributed by atoms with E-state index in [0.717, 1.165) is 28.6 Å². The highest BCUT2D eigenvalue weighted by molar-refractivity contribution is 5.96. The van der Waals surface area contributed by atoms with E-state index in [-0.39, 0.29) is 18.4 Å². The van der Waals surface area contributed by atoms with Gasteiger partial charge >= 0.3 is 0 Å². The number of fused-ring (bicyclic) bond motifs is 1. The van der Waals surface area contributed by atoms with Gasteiger partial charge in [-0.05, 0) is 47.5 Å². The van der Waals surface area contributed by atoms with Crippen LogP contribution in [0.1, 0.15) is 19.8 Å². The number of anilines is 3. The molecule has 0 aliphatic carbocycles. The van der Waals surface area contributed by atoms with Crippen LogP contribution in [-0.2, 0) is 9.59 Å². The fourth-order valence-electron chi connectivity index (χ4n) is 2.81. The van der Waals surface area contributed by atoms with Gasteiger partial charge in [0.1, 0.15) is 0 Å². The van der Waals surface area contributed by atoms with Crippen LogP contribution < -0.4 is 16.0 Å². The van der Waals surface area contributed by atoms with Crippen molar-refractivity contribution in [3.05, 3.63) is 66.7 Å². The van der Waals surface area contributed by atoms with Gasteiger partial charge < -0.3 is 16.0 Å². The lowest BCUT2D eigenvalue weighted by molar-refractivity contribution is -0.116. The van der Waals surface area contributed by atoms with Gasteiger partial charge in [-0.1, -0.05) is 43.3 Å². The van der Waals surface area contributed by atoms with Gasteiger partial charge in [0.15, 0.2) is 0 Å². The summed E-state index contributed by atoms with van der Waals surface area (Å²) in [5, 5.41) is 11.0. The van der Waals surface area contributed by atoms with Crippen LogP contribution in [0.15, 0.2) is 66.7 Å². The van der Waals surface area contributed by atoms with E-state index < -0.39 is 0 Å².